The summed E-state index contributed by atoms with van der Waals surface area (Å²) in [5.74, 6) is 2.75. The van der Waals surface area contributed by atoms with Crippen LogP contribution < -0.4 is 22.9 Å². The van der Waals surface area contributed by atoms with Gasteiger partial charge >= 0.3 is 0 Å². The van der Waals surface area contributed by atoms with Gasteiger partial charge in [0.15, 0.2) is 0 Å². The Morgan fingerprint density at radius 1 is 0.258 bits per heavy atom. The fraction of sp³-hybridized carbons (Fsp3) is 0.718. The smallest absolute Gasteiger partial charge is 0.0157 e. The Kier molecular flexibility index (Phi) is 38.3. The molecule has 8 atom stereocenters. The van der Waals surface area contributed by atoms with Gasteiger partial charge in [-0.05, 0) is 222 Å². The first-order chi connectivity index (χ1) is 42.7. The van der Waals surface area contributed by atoms with Crippen LogP contribution in [-0.2, 0) is 25.7 Å². The molecule has 0 aromatic heterocycles. The predicted molar refractivity (Wildman–Crippen MR) is 396 cm³/mol. The van der Waals surface area contributed by atoms with Crippen molar-refractivity contribution in [1.29, 1.82) is 0 Å². The molecule has 0 unspecified atom stereocenters. The molecule has 4 aromatic rings. The number of benzene rings is 4. The third kappa shape index (κ3) is 29.3. The van der Waals surface area contributed by atoms with Gasteiger partial charge in [-0.2, -0.15) is 0 Å². The van der Waals surface area contributed by atoms with Crippen molar-refractivity contribution in [2.75, 3.05) is 0 Å². The van der Waals surface area contributed by atoms with Crippen molar-refractivity contribution in [3.63, 3.8) is 0 Å². The van der Waals surface area contributed by atoms with Crippen molar-refractivity contribution in [2.24, 2.45) is 22.9 Å². The molecule has 4 heteroatoms. The van der Waals surface area contributed by atoms with Gasteiger partial charge in [0.05, 0.1) is 0 Å². The van der Waals surface area contributed by atoms with Gasteiger partial charge in [-0.15, -0.1) is 0 Å². The molecular weight excluding hydrogens is 1080 g/mol. The molecule has 4 saturated carbocycles. The lowest BCUT2D eigenvalue weighted by atomic mass is 9.91. The molecule has 0 aliphatic heterocycles. The number of unbranched alkanes of at least 4 members (excludes halogenated alkanes) is 20. The Hall–Kier alpha value is -3.28. The fourth-order valence-electron chi connectivity index (χ4n) is 15.3. The quantitative estimate of drug-likeness (QED) is 0.0341. The van der Waals surface area contributed by atoms with Crippen LogP contribution in [0.1, 0.15) is 388 Å². The third-order valence-corrected chi connectivity index (χ3v) is 22.5. The Bertz CT molecular complexity index is 2020. The van der Waals surface area contributed by atoms with Crippen LogP contribution >= 0.6 is 0 Å². The predicted octanol–water partition coefficient (Wildman–Crippen LogP) is 24.5. The Morgan fingerprint density at radius 2 is 0.427 bits per heavy atom. The Labute approximate surface area is 552 Å². The molecule has 0 radical (unpaired) electrons. The van der Waals surface area contributed by atoms with Gasteiger partial charge in [0, 0.05) is 22.2 Å². The normalized spacial score (nSPS) is 24.5. The van der Waals surface area contributed by atoms with Crippen LogP contribution in [0.15, 0.2) is 97.1 Å². The van der Waals surface area contributed by atoms with E-state index in [2.05, 4.69) is 152 Å². The zero-order valence-electron chi connectivity index (χ0n) is 59.0. The zero-order valence-corrected chi connectivity index (χ0v) is 59.0. The van der Waals surface area contributed by atoms with E-state index in [1.54, 1.807) is 0 Å². The molecule has 0 bridgehead atoms. The van der Waals surface area contributed by atoms with Gasteiger partial charge in [-0.1, -0.05) is 288 Å². The van der Waals surface area contributed by atoms with Crippen molar-refractivity contribution >= 4 is 0 Å². The molecule has 4 nitrogen and oxygen atoms in total. The van der Waals surface area contributed by atoms with Gasteiger partial charge in [0.25, 0.3) is 0 Å². The van der Waals surface area contributed by atoms with Crippen molar-refractivity contribution in [1.82, 2.24) is 0 Å². The standard InChI is InChI=1S/4C21H35N.CH4/c4*1-3-5-6-7-8-9-10-18-11-13-19(14-12-18)20-15-16-21(22,4-2)17-20;/h4*11-14,20H,3-10,15-17,22H2,1-2H3;1H4/t2*20-,21+;2*20-,21-;/m1010./s1. The summed E-state index contributed by atoms with van der Waals surface area (Å²) in [7, 11) is 0. The number of rotatable bonds is 36. The average molecular weight is 1220 g/mol. The van der Waals surface area contributed by atoms with Crippen molar-refractivity contribution in [3.05, 3.63) is 142 Å². The van der Waals surface area contributed by atoms with Crippen LogP contribution in [-0.4, -0.2) is 22.2 Å². The molecule has 0 saturated heterocycles. The second-order valence-electron chi connectivity index (χ2n) is 29.7. The van der Waals surface area contributed by atoms with Crippen molar-refractivity contribution in [3.8, 4) is 0 Å². The minimum Gasteiger partial charge on any atom is -0.325 e. The molecule has 89 heavy (non-hydrogen) atoms. The van der Waals surface area contributed by atoms with Gasteiger partial charge in [0.1, 0.15) is 0 Å². The number of nitrogens with two attached hydrogens (primary N) is 4. The summed E-state index contributed by atoms with van der Waals surface area (Å²) in [4.78, 5) is 0. The molecule has 4 aromatic carbocycles. The van der Waals surface area contributed by atoms with Crippen LogP contribution in [0.3, 0.4) is 0 Å². The van der Waals surface area contributed by atoms with Crippen LogP contribution in [0.2, 0.25) is 0 Å². The topological polar surface area (TPSA) is 104 Å². The summed E-state index contributed by atoms with van der Waals surface area (Å²) in [5, 5.41) is 0. The largest absolute Gasteiger partial charge is 0.325 e. The molecule has 0 amide bonds. The van der Waals surface area contributed by atoms with Crippen LogP contribution in [0, 0.1) is 0 Å². The van der Waals surface area contributed by atoms with E-state index < -0.39 is 0 Å². The minimum absolute atomic E-state index is 0. The van der Waals surface area contributed by atoms with Crippen LogP contribution in [0.25, 0.3) is 0 Å². The molecule has 8 rings (SSSR count). The first kappa shape index (κ1) is 78.2. The van der Waals surface area contributed by atoms with E-state index in [-0.39, 0.29) is 29.6 Å². The molecule has 8 N–H and O–H groups in total. The highest BCUT2D eigenvalue weighted by molar-refractivity contribution is 5.31. The van der Waals surface area contributed by atoms with E-state index in [9.17, 15) is 0 Å². The summed E-state index contributed by atoms with van der Waals surface area (Å²) in [6.45, 7) is 18.0. The summed E-state index contributed by atoms with van der Waals surface area (Å²) >= 11 is 0. The van der Waals surface area contributed by atoms with E-state index in [1.807, 2.05) is 0 Å². The first-order valence-electron chi connectivity index (χ1n) is 38.2. The van der Waals surface area contributed by atoms with Gasteiger partial charge in [0.2, 0.25) is 0 Å². The van der Waals surface area contributed by atoms with Gasteiger partial charge < -0.3 is 22.9 Å². The maximum absolute atomic E-state index is 6.43. The van der Waals surface area contributed by atoms with Gasteiger partial charge in [-0.25, -0.2) is 0 Å². The zero-order chi connectivity index (χ0) is 63.4. The number of hydrogen-bond donors (Lipinski definition) is 4. The van der Waals surface area contributed by atoms with E-state index in [0.717, 1.165) is 25.7 Å². The molecule has 0 spiro atoms. The molecular formula is C85H144N4. The monoisotopic (exact) mass is 1220 g/mol. The molecule has 4 aliphatic carbocycles. The molecule has 4 aliphatic rings. The first-order valence-corrected chi connectivity index (χ1v) is 38.2. The average Bonchev–Trinajstić information content (AvgIpc) is 2.62. The minimum atomic E-state index is 0. The maximum Gasteiger partial charge on any atom is 0.0157 e. The van der Waals surface area contributed by atoms with Crippen LogP contribution in [0.5, 0.6) is 0 Å². The summed E-state index contributed by atoms with van der Waals surface area (Å²) in [6, 6.07) is 37.7. The number of aryl methyl sites for hydroxylation is 4. The Balaban J connectivity index is 0.000000253. The van der Waals surface area contributed by atoms with E-state index in [4.69, 9.17) is 22.9 Å². The second kappa shape index (κ2) is 43.6. The lowest BCUT2D eigenvalue weighted by molar-refractivity contribution is 0.418. The summed E-state index contributed by atoms with van der Waals surface area (Å²) in [5.41, 5.74) is 38.2. The Morgan fingerprint density at radius 3 is 0.584 bits per heavy atom. The molecule has 0 heterocycles. The number of hydrogen-bond acceptors (Lipinski definition) is 4. The SMILES string of the molecule is C.CCCCCCCCc1ccc([C@@H]2CC[C@@](N)(CC)C2)cc1.CCCCCCCCc1ccc([C@@H]2CC[C@](N)(CC)C2)cc1.CCCCCCCCc1ccc([C@H]2CC[C@@](N)(CC)C2)cc1.CCCCCCCCc1ccc([C@H]2CC[C@](N)(CC)C2)cc1. The summed E-state index contributed by atoms with van der Waals surface area (Å²) in [6.07, 6.45) is 57.0. The van der Waals surface area contributed by atoms with E-state index >= 15 is 0 Å². The highest BCUT2D eigenvalue weighted by Crippen LogP contribution is 2.44. The molecule has 4 fully saturated rings. The highest BCUT2D eigenvalue weighted by atomic mass is 14.8. The molecule has 504 valence electrons. The lowest BCUT2D eigenvalue weighted by Crippen LogP contribution is -2.35. The summed E-state index contributed by atoms with van der Waals surface area (Å²) < 4.78 is 0. The fourth-order valence-corrected chi connectivity index (χ4v) is 15.3. The third-order valence-electron chi connectivity index (χ3n) is 22.5. The van der Waals surface area contributed by atoms with E-state index in [0.29, 0.717) is 23.7 Å². The lowest BCUT2D eigenvalue weighted by Gasteiger charge is -2.22. The van der Waals surface area contributed by atoms with Gasteiger partial charge in [-0.3, -0.25) is 0 Å². The van der Waals surface area contributed by atoms with Crippen LogP contribution in [0.4, 0.5) is 0 Å². The highest BCUT2D eigenvalue weighted by Gasteiger charge is 2.37. The maximum atomic E-state index is 6.43. The second-order valence-corrected chi connectivity index (χ2v) is 29.7. The van der Waals surface area contributed by atoms with Crippen molar-refractivity contribution < 1.29 is 0 Å². The van der Waals surface area contributed by atoms with Crippen molar-refractivity contribution in [2.45, 2.75) is 391 Å². The van der Waals surface area contributed by atoms with E-state index in [1.165, 1.54) is 301 Å².